The third kappa shape index (κ3) is 25.8. The molecule has 120 heavy (non-hydrogen) atoms. The molecule has 3 amide bonds. The quantitative estimate of drug-likeness (QED) is 0.00195. The molecule has 7 unspecified atom stereocenters. The molecule has 1 fully saturated rings. The maximum atomic E-state index is 13.3. The van der Waals surface area contributed by atoms with Crippen LogP contribution >= 0.6 is 23.5 Å². The number of amides is 3. The van der Waals surface area contributed by atoms with Crippen LogP contribution in [0.3, 0.4) is 0 Å². The summed E-state index contributed by atoms with van der Waals surface area (Å²) in [5, 5.41) is 27.6. The lowest BCUT2D eigenvalue weighted by Gasteiger charge is -2.30. The number of benzene rings is 5. The fourth-order valence-corrected chi connectivity index (χ4v) is 18.0. The molecular weight excluding hydrogens is 1640 g/mol. The number of azide groups is 2. The summed E-state index contributed by atoms with van der Waals surface area (Å²) >= 11 is 0. The summed E-state index contributed by atoms with van der Waals surface area (Å²) in [6.45, 7) is 8.40. The molecule has 0 aliphatic carbocycles. The van der Waals surface area contributed by atoms with E-state index in [9.17, 15) is 61.5 Å². The van der Waals surface area contributed by atoms with Gasteiger partial charge in [-0.2, -0.15) is 21.6 Å². The van der Waals surface area contributed by atoms with Crippen molar-refractivity contribution in [1.29, 1.82) is 0 Å². The number of nitrogens with zero attached hydrogens (tertiary/aromatic N) is 11. The Morgan fingerprint density at radius 2 is 1.62 bits per heavy atom. The van der Waals surface area contributed by atoms with Gasteiger partial charge in [-0.05, 0) is 148 Å². The minimum atomic E-state index is -5.84. The number of phenolic OH excluding ortho intramolecular Hbond substituents is 1. The summed E-state index contributed by atoms with van der Waals surface area (Å²) in [4.78, 5) is 92.6. The normalized spacial score (nSPS) is 18.5. The number of fused-ring (bicyclic) bond motifs is 5. The first-order chi connectivity index (χ1) is 57.2. The summed E-state index contributed by atoms with van der Waals surface area (Å²) in [5.41, 5.74) is 32.1. The van der Waals surface area contributed by atoms with E-state index in [4.69, 9.17) is 54.0 Å². The van der Waals surface area contributed by atoms with E-state index >= 15 is 0 Å². The minimum Gasteiger partial charge on any atom is -0.508 e. The third-order valence-corrected chi connectivity index (χ3v) is 24.4. The maximum Gasteiger partial charge on any atom is 0.490 e. The lowest BCUT2D eigenvalue weighted by atomic mass is 9.77. The average molecular weight is 1740 g/mol. The molecule has 1 saturated heterocycles. The molecule has 11 N–H and O–H groups in total. The van der Waals surface area contributed by atoms with E-state index in [0.717, 1.165) is 58.5 Å². The number of ether oxygens (including phenoxy) is 6. The Kier molecular flexibility index (Phi) is 32.3. The van der Waals surface area contributed by atoms with Gasteiger partial charge < -0.3 is 84.3 Å². The molecule has 5 heterocycles. The van der Waals surface area contributed by atoms with Gasteiger partial charge in [0.15, 0.2) is 11.9 Å². The van der Waals surface area contributed by atoms with Crippen LogP contribution in [0.2, 0.25) is 0 Å². The number of rotatable bonds is 45. The first kappa shape index (κ1) is 91.9. The van der Waals surface area contributed by atoms with Crippen LogP contribution in [0.1, 0.15) is 117 Å². The second-order valence-electron chi connectivity index (χ2n) is 28.7. The number of carbonyl (C=O) groups excluding carboxylic acids is 3. The summed E-state index contributed by atoms with van der Waals surface area (Å²) in [6, 6.07) is 32.1. The van der Waals surface area contributed by atoms with E-state index in [-0.39, 0.29) is 102 Å². The number of anilines is 2. The highest BCUT2D eigenvalue weighted by Crippen LogP contribution is 2.66. The zero-order chi connectivity index (χ0) is 86.3. The van der Waals surface area contributed by atoms with Gasteiger partial charge in [-0.3, -0.25) is 23.5 Å². The van der Waals surface area contributed by atoms with Crippen molar-refractivity contribution in [2.75, 3.05) is 95.5 Å². The second kappa shape index (κ2) is 42.2. The molecule has 3 aliphatic rings. The molecule has 0 spiro atoms. The number of nitrogens with one attached hydrogen (secondary N) is 3. The highest BCUT2D eigenvalue weighted by molar-refractivity contribution is 7.85. The van der Waals surface area contributed by atoms with Gasteiger partial charge in [-0.25, -0.2) is 23.7 Å². The Morgan fingerprint density at radius 1 is 0.842 bits per heavy atom. The van der Waals surface area contributed by atoms with Crippen molar-refractivity contribution in [2.45, 2.75) is 121 Å². The van der Waals surface area contributed by atoms with Gasteiger partial charge in [0.2, 0.25) is 17.5 Å². The molecule has 5 aromatic carbocycles. The van der Waals surface area contributed by atoms with Crippen LogP contribution in [0.4, 0.5) is 17.2 Å². The number of nitrogens with two attached hydrogens (primary N) is 1. The fourth-order valence-electron chi connectivity index (χ4n) is 14.4. The first-order valence-corrected chi connectivity index (χ1v) is 44.3. The van der Waals surface area contributed by atoms with Crippen LogP contribution in [0.25, 0.3) is 42.7 Å². The van der Waals surface area contributed by atoms with Gasteiger partial charge in [0.1, 0.15) is 73.9 Å². The Balaban J connectivity index is 0.655. The summed E-state index contributed by atoms with van der Waals surface area (Å²) in [7, 11) is -21.2. The number of aromatic nitrogens is 3. The number of carbonyl (C=O) groups is 3. The smallest absolute Gasteiger partial charge is 0.490 e. The van der Waals surface area contributed by atoms with Crippen LogP contribution in [-0.2, 0) is 76.3 Å². The lowest BCUT2D eigenvalue weighted by Crippen LogP contribution is -2.34. The first-order valence-electron chi connectivity index (χ1n) is 38.2. The predicted octanol–water partition coefficient (Wildman–Crippen LogP) is 11.5. The van der Waals surface area contributed by atoms with Crippen molar-refractivity contribution < 1.29 is 112 Å². The number of nitrogen functional groups attached to an aromatic ring is 1. The van der Waals surface area contributed by atoms with Crippen molar-refractivity contribution in [3.05, 3.63) is 200 Å². The molecule has 3 aliphatic heterocycles. The summed E-state index contributed by atoms with van der Waals surface area (Å²) in [5.74, 6) is 5.32. The van der Waals surface area contributed by atoms with Crippen molar-refractivity contribution in [2.24, 2.45) is 10.2 Å². The number of allylic oxidation sites excluding steroid dienone is 6. The third-order valence-electron chi connectivity index (χ3n) is 19.8. The van der Waals surface area contributed by atoms with Crippen molar-refractivity contribution in [3.8, 4) is 29.1 Å². The zero-order valence-electron chi connectivity index (χ0n) is 66.1. The highest BCUT2D eigenvalue weighted by atomic mass is 32.2. The number of aryl methyl sites for hydroxylation is 1. The Hall–Kier alpha value is -10.4. The molecule has 42 heteroatoms. The molecule has 2 aromatic heterocycles. The number of hydrogen-bond acceptors (Lipinski definition) is 24. The van der Waals surface area contributed by atoms with Gasteiger partial charge in [-0.1, -0.05) is 94.7 Å². The molecular formula is C78H95N15O23P3S+. The maximum absolute atomic E-state index is 13.3. The fraction of sp³-hybridized carbons (Fsp3) is 0.410. The predicted molar refractivity (Wildman–Crippen MR) is 442 cm³/mol. The number of unbranched alkanes of at least 4 members (excludes halogenated alkanes) is 3. The molecule has 10 rings (SSSR count). The second-order valence-corrected chi connectivity index (χ2v) is 34.7. The molecule has 0 radical (unpaired) electrons. The van der Waals surface area contributed by atoms with Gasteiger partial charge >= 0.3 is 23.5 Å². The van der Waals surface area contributed by atoms with Gasteiger partial charge in [0.05, 0.1) is 61.2 Å². The van der Waals surface area contributed by atoms with Crippen LogP contribution < -0.4 is 36.1 Å². The molecule has 0 saturated carbocycles. The lowest BCUT2D eigenvalue weighted by molar-refractivity contribution is -0.438. The largest absolute Gasteiger partial charge is 0.508 e. The Morgan fingerprint density at radius 3 is 2.40 bits per heavy atom. The monoisotopic (exact) mass is 1730 g/mol. The van der Waals surface area contributed by atoms with Gasteiger partial charge in [0, 0.05) is 95.0 Å². The van der Waals surface area contributed by atoms with E-state index in [1.54, 1.807) is 42.5 Å². The van der Waals surface area contributed by atoms with Crippen LogP contribution in [0.5, 0.6) is 17.2 Å². The zero-order valence-corrected chi connectivity index (χ0v) is 69.6. The number of hydrogen-bond donors (Lipinski definition) is 10. The molecule has 7 atom stereocenters. The van der Waals surface area contributed by atoms with Crippen LogP contribution in [-0.4, -0.2) is 183 Å². The topological polar surface area (TPSA) is 538 Å². The van der Waals surface area contributed by atoms with Crippen LogP contribution in [0.15, 0.2) is 162 Å². The molecule has 640 valence electrons. The average Bonchev–Trinajstić information content (AvgIpc) is 1.60. The van der Waals surface area contributed by atoms with E-state index in [2.05, 4.69) is 170 Å². The molecule has 38 nitrogen and oxygen atoms in total. The van der Waals surface area contributed by atoms with Gasteiger partial charge in [0.25, 0.3) is 16.0 Å². The standard InChI is InChI=1S/C78H94N15O23P3S/c1-53-26-27-54-28-33-63-73(60(54)44-53)77(2,3)66(23-7-5-8-24-67-78(4,34-12-14-43-120(105,106)107)61-21-10-11-22-62(61)91(67)39-17-40-109-58-31-29-57(94)30-32-58)92(63)38-13-6-9-25-68(95)83-36-37-84-76(97)55-18-15-20-59(45-55)111-50-70(88-90-81)110-42-41-108-49-69(96)82-35-16-19-56-47-93(75-72(56)74(79)85-51-86-75)71-46-64(112-52-87-89-80)65(114-71)48-113-118(101,102)116-119(103,104)115-117(98,99)100/h5,7-8,10-11,15,18,20-24,26-33,44-45,47,51,64-65,70-71H,6,9,12-14,17,25,34-43,46,48-50,52H2,1-4H3,(H10-,79,82,83,84,85,86,94,95,96,97,98,99,100,101,102,103,104,105,106,107)/p+1. The van der Waals surface area contributed by atoms with Gasteiger partial charge in [-0.15, -0.1) is 0 Å². The van der Waals surface area contributed by atoms with Crippen LogP contribution in [0, 0.1) is 18.8 Å². The summed E-state index contributed by atoms with van der Waals surface area (Å²) in [6.07, 6.45) is 13.3. The van der Waals surface area contributed by atoms with Crippen molar-refractivity contribution >= 4 is 96.0 Å². The Labute approximate surface area is 691 Å². The SMILES string of the molecule is Cc1ccc2ccc3c(c2c1)C(C)(C)C(C=CC=CC=C1N(CCCOc2ccc(O)cc2)c2ccccc2C1(C)CCCCS(=O)(=O)O)=[N+]3CCCCCC(=O)NCCNC(=O)c1cccc(OCC(N=[N+]=[N-])OCCOCC(=O)NCC#Cc2cn(C3CC(OCN=[N+]=[N-])C(COP(=O)(O)OP(=O)(O)OP(=O)(O)O)O3)c3ncnc(N)c23)c1. The van der Waals surface area contributed by atoms with E-state index < -0.39 is 95.4 Å². The molecule has 0 bridgehead atoms. The number of phosphoric ester groups is 1. The number of phosphoric acid groups is 3. The number of aromatic hydroxyl groups is 1. The summed E-state index contributed by atoms with van der Waals surface area (Å²) < 4.78 is 119. The van der Waals surface area contributed by atoms with Crippen molar-refractivity contribution in [1.82, 2.24) is 30.5 Å². The number of para-hydroxylation sites is 1. The Bertz CT molecular complexity index is 5430. The molecule has 7 aromatic rings. The van der Waals surface area contributed by atoms with Crippen molar-refractivity contribution in [3.63, 3.8) is 0 Å². The minimum absolute atomic E-state index is 0.00244. The van der Waals surface area contributed by atoms with E-state index in [0.29, 0.717) is 64.0 Å². The van der Waals surface area contributed by atoms with E-state index in [1.165, 1.54) is 27.8 Å². The van der Waals surface area contributed by atoms with E-state index in [1.807, 2.05) is 18.2 Å². The number of phenols is 1. The highest BCUT2D eigenvalue weighted by Gasteiger charge is 2.47.